The molecule has 1 saturated heterocycles. The lowest BCUT2D eigenvalue weighted by Gasteiger charge is -2.22. The van der Waals surface area contributed by atoms with Gasteiger partial charge in [-0.05, 0) is 63.7 Å². The van der Waals surface area contributed by atoms with Crippen LogP contribution in [0.2, 0.25) is 0 Å². The highest BCUT2D eigenvalue weighted by atomic mass is 35.5. The van der Waals surface area contributed by atoms with Gasteiger partial charge in [0.05, 0.1) is 4.88 Å². The van der Waals surface area contributed by atoms with E-state index in [0.717, 1.165) is 36.9 Å². The third kappa shape index (κ3) is 4.79. The lowest BCUT2D eigenvalue weighted by atomic mass is 9.96. The van der Waals surface area contributed by atoms with Gasteiger partial charge in [-0.2, -0.15) is 0 Å². The quantitative estimate of drug-likeness (QED) is 0.898. The molecular weight excluding hydrogens is 280 g/mol. The molecule has 19 heavy (non-hydrogen) atoms. The molecule has 1 aliphatic heterocycles. The van der Waals surface area contributed by atoms with E-state index in [-0.39, 0.29) is 18.3 Å². The van der Waals surface area contributed by atoms with Crippen LogP contribution >= 0.6 is 23.7 Å². The van der Waals surface area contributed by atoms with Gasteiger partial charge in [0.15, 0.2) is 0 Å². The summed E-state index contributed by atoms with van der Waals surface area (Å²) in [6.45, 7) is 7.16. The Morgan fingerprint density at radius 1 is 1.53 bits per heavy atom. The molecule has 0 spiro atoms. The maximum atomic E-state index is 11.9. The number of amides is 1. The summed E-state index contributed by atoms with van der Waals surface area (Å²) in [4.78, 5) is 14.0. The minimum atomic E-state index is 0. The number of hydrogen-bond acceptors (Lipinski definition) is 3. The first kappa shape index (κ1) is 16.5. The molecule has 1 aromatic rings. The molecule has 108 valence electrons. The minimum absolute atomic E-state index is 0. The van der Waals surface area contributed by atoms with Crippen molar-refractivity contribution in [1.29, 1.82) is 0 Å². The fraction of sp³-hybridized carbons (Fsp3) is 0.643. The number of carbonyl (C=O) groups is 1. The van der Waals surface area contributed by atoms with Crippen molar-refractivity contribution in [3.63, 3.8) is 0 Å². The van der Waals surface area contributed by atoms with Crippen molar-refractivity contribution in [1.82, 2.24) is 10.6 Å². The summed E-state index contributed by atoms with van der Waals surface area (Å²) in [5.74, 6) is 0.811. The topological polar surface area (TPSA) is 41.1 Å². The van der Waals surface area contributed by atoms with E-state index in [4.69, 9.17) is 0 Å². The molecule has 0 bridgehead atoms. The first-order chi connectivity index (χ1) is 8.66. The van der Waals surface area contributed by atoms with Gasteiger partial charge in [-0.25, -0.2) is 0 Å². The summed E-state index contributed by atoms with van der Waals surface area (Å²) in [6, 6.07) is 1.98. The maximum absolute atomic E-state index is 11.9. The number of piperidine rings is 1. The Hall–Kier alpha value is -0.580. The zero-order valence-electron chi connectivity index (χ0n) is 11.6. The number of carbonyl (C=O) groups excluding carboxylic acids is 1. The van der Waals surface area contributed by atoms with E-state index in [0.29, 0.717) is 0 Å². The lowest BCUT2D eigenvalue weighted by molar-refractivity contribution is 0.0954. The number of thiophene rings is 1. The van der Waals surface area contributed by atoms with E-state index in [1.54, 1.807) is 11.3 Å². The molecule has 0 aromatic carbocycles. The summed E-state index contributed by atoms with van der Waals surface area (Å²) in [7, 11) is 0. The first-order valence-corrected chi connectivity index (χ1v) is 7.54. The van der Waals surface area contributed by atoms with Gasteiger partial charge in [-0.3, -0.25) is 4.79 Å². The first-order valence-electron chi connectivity index (χ1n) is 6.73. The van der Waals surface area contributed by atoms with Crippen molar-refractivity contribution in [3.8, 4) is 0 Å². The molecule has 1 amide bonds. The molecule has 1 unspecified atom stereocenters. The number of halogens is 1. The van der Waals surface area contributed by atoms with Gasteiger partial charge >= 0.3 is 0 Å². The van der Waals surface area contributed by atoms with Crippen LogP contribution in [0.5, 0.6) is 0 Å². The molecule has 2 N–H and O–H groups in total. The van der Waals surface area contributed by atoms with Crippen molar-refractivity contribution in [2.75, 3.05) is 19.6 Å². The van der Waals surface area contributed by atoms with E-state index < -0.39 is 0 Å². The normalized spacial score (nSPS) is 18.7. The molecule has 5 heteroatoms. The molecule has 1 fully saturated rings. The van der Waals surface area contributed by atoms with Crippen LogP contribution in [0.25, 0.3) is 0 Å². The van der Waals surface area contributed by atoms with Crippen LogP contribution in [0.3, 0.4) is 0 Å². The number of nitrogens with one attached hydrogen (secondary N) is 2. The Morgan fingerprint density at radius 2 is 2.32 bits per heavy atom. The molecule has 0 saturated carbocycles. The Morgan fingerprint density at radius 3 is 2.89 bits per heavy atom. The third-order valence-electron chi connectivity index (χ3n) is 3.63. The second kappa shape index (κ2) is 7.88. The zero-order valence-corrected chi connectivity index (χ0v) is 13.3. The Kier molecular flexibility index (Phi) is 6.83. The Labute approximate surface area is 125 Å². The second-order valence-electron chi connectivity index (χ2n) is 5.11. The summed E-state index contributed by atoms with van der Waals surface area (Å²) >= 11 is 1.58. The smallest absolute Gasteiger partial charge is 0.261 e. The van der Waals surface area contributed by atoms with Crippen molar-refractivity contribution < 1.29 is 4.79 Å². The standard InChI is InChI=1S/C14H22N2OS.ClH/c1-10-8-13(18-11(10)2)14(17)16-7-5-12-4-3-6-15-9-12;/h8,12,15H,3-7,9H2,1-2H3,(H,16,17);1H. The average Bonchev–Trinajstić information content (AvgIpc) is 2.71. The van der Waals surface area contributed by atoms with Gasteiger partial charge in [-0.1, -0.05) is 0 Å². The third-order valence-corrected chi connectivity index (χ3v) is 4.78. The second-order valence-corrected chi connectivity index (χ2v) is 6.36. The highest BCUT2D eigenvalue weighted by Gasteiger charge is 2.14. The fourth-order valence-electron chi connectivity index (χ4n) is 2.33. The highest BCUT2D eigenvalue weighted by Crippen LogP contribution is 2.20. The molecule has 0 aliphatic carbocycles. The van der Waals surface area contributed by atoms with Gasteiger partial charge in [0.2, 0.25) is 0 Å². The molecule has 1 atom stereocenters. The predicted molar refractivity (Wildman–Crippen MR) is 83.6 cm³/mol. The number of hydrogen-bond donors (Lipinski definition) is 2. The monoisotopic (exact) mass is 302 g/mol. The predicted octanol–water partition coefficient (Wildman–Crippen LogP) is 2.91. The molecule has 1 aliphatic rings. The largest absolute Gasteiger partial charge is 0.351 e. The molecule has 2 heterocycles. The summed E-state index contributed by atoms with van der Waals surface area (Å²) in [5, 5.41) is 6.44. The van der Waals surface area contributed by atoms with Crippen LogP contribution in [0.4, 0.5) is 0 Å². The molecule has 2 rings (SSSR count). The summed E-state index contributed by atoms with van der Waals surface area (Å²) in [6.07, 6.45) is 3.64. The van der Waals surface area contributed by atoms with Crippen LogP contribution in [0.15, 0.2) is 6.07 Å². The van der Waals surface area contributed by atoms with Crippen LogP contribution in [0.1, 0.15) is 39.4 Å². The van der Waals surface area contributed by atoms with Crippen LogP contribution in [-0.2, 0) is 0 Å². The van der Waals surface area contributed by atoms with Crippen LogP contribution < -0.4 is 10.6 Å². The van der Waals surface area contributed by atoms with Crippen molar-refractivity contribution in [2.24, 2.45) is 5.92 Å². The maximum Gasteiger partial charge on any atom is 0.261 e. The number of rotatable bonds is 4. The van der Waals surface area contributed by atoms with E-state index >= 15 is 0 Å². The van der Waals surface area contributed by atoms with Crippen LogP contribution in [-0.4, -0.2) is 25.5 Å². The molecular formula is C14H23ClN2OS. The average molecular weight is 303 g/mol. The minimum Gasteiger partial charge on any atom is -0.351 e. The Balaban J connectivity index is 0.00000180. The van der Waals surface area contributed by atoms with Gasteiger partial charge in [0.25, 0.3) is 5.91 Å². The molecule has 0 radical (unpaired) electrons. The number of aryl methyl sites for hydroxylation is 2. The van der Waals surface area contributed by atoms with Crippen LogP contribution in [0, 0.1) is 19.8 Å². The van der Waals surface area contributed by atoms with Gasteiger partial charge in [0, 0.05) is 11.4 Å². The van der Waals surface area contributed by atoms with Crippen molar-refractivity contribution in [2.45, 2.75) is 33.1 Å². The van der Waals surface area contributed by atoms with E-state index in [1.807, 2.05) is 6.07 Å². The van der Waals surface area contributed by atoms with Crippen molar-refractivity contribution >= 4 is 29.7 Å². The highest BCUT2D eigenvalue weighted by molar-refractivity contribution is 7.14. The fourth-order valence-corrected chi connectivity index (χ4v) is 3.28. The van der Waals surface area contributed by atoms with E-state index in [1.165, 1.54) is 23.3 Å². The Bertz CT molecular complexity index is 394. The molecule has 3 nitrogen and oxygen atoms in total. The SMILES string of the molecule is Cc1cc(C(=O)NCCC2CCCNC2)sc1C.Cl. The van der Waals surface area contributed by atoms with Crippen molar-refractivity contribution in [3.05, 3.63) is 21.4 Å². The molecule has 1 aromatic heterocycles. The van der Waals surface area contributed by atoms with Gasteiger partial charge in [-0.15, -0.1) is 23.7 Å². The lowest BCUT2D eigenvalue weighted by Crippen LogP contribution is -2.33. The van der Waals surface area contributed by atoms with Gasteiger partial charge in [0.1, 0.15) is 0 Å². The summed E-state index contributed by atoms with van der Waals surface area (Å²) < 4.78 is 0. The van der Waals surface area contributed by atoms with Gasteiger partial charge < -0.3 is 10.6 Å². The zero-order chi connectivity index (χ0) is 13.0. The van der Waals surface area contributed by atoms with E-state index in [2.05, 4.69) is 24.5 Å². The van der Waals surface area contributed by atoms with E-state index in [9.17, 15) is 4.79 Å². The summed E-state index contributed by atoms with van der Waals surface area (Å²) in [5.41, 5.74) is 1.21.